The van der Waals surface area contributed by atoms with Crippen LogP contribution >= 0.6 is 0 Å². The van der Waals surface area contributed by atoms with E-state index in [1.165, 1.54) is 50.1 Å². The fourth-order valence-electron chi connectivity index (χ4n) is 4.38. The molecule has 3 rings (SSSR count). The standard InChI is InChI=1S/C25H30/c1-15-8-16(2)11-22(10-15)25(23-12-17(3)9-18(4)13-23)24-14-19(5)20(6)21(24)7/h8-13,25H,14H2,1-7H3. The summed E-state index contributed by atoms with van der Waals surface area (Å²) in [7, 11) is 0. The van der Waals surface area contributed by atoms with Gasteiger partial charge in [-0.3, -0.25) is 0 Å². The van der Waals surface area contributed by atoms with Gasteiger partial charge < -0.3 is 0 Å². The summed E-state index contributed by atoms with van der Waals surface area (Å²) >= 11 is 0. The van der Waals surface area contributed by atoms with E-state index >= 15 is 0 Å². The van der Waals surface area contributed by atoms with Gasteiger partial charge in [0.05, 0.1) is 0 Å². The summed E-state index contributed by atoms with van der Waals surface area (Å²) in [4.78, 5) is 0. The highest BCUT2D eigenvalue weighted by molar-refractivity contribution is 5.54. The van der Waals surface area contributed by atoms with Crippen LogP contribution in [-0.2, 0) is 0 Å². The third-order valence-corrected chi connectivity index (χ3v) is 5.64. The molecular weight excluding hydrogens is 300 g/mol. The van der Waals surface area contributed by atoms with Crippen LogP contribution in [0.3, 0.4) is 0 Å². The Hall–Kier alpha value is -2.08. The first kappa shape index (κ1) is 17.7. The second-order valence-electron chi connectivity index (χ2n) is 8.01. The summed E-state index contributed by atoms with van der Waals surface area (Å²) in [6, 6.07) is 14.0. The molecule has 0 unspecified atom stereocenters. The largest absolute Gasteiger partial charge is 0.0660 e. The predicted octanol–water partition coefficient (Wildman–Crippen LogP) is 7.11. The van der Waals surface area contributed by atoms with Gasteiger partial charge in [0.1, 0.15) is 0 Å². The second kappa shape index (κ2) is 6.67. The Balaban J connectivity index is 2.22. The van der Waals surface area contributed by atoms with Gasteiger partial charge in [-0.05, 0) is 77.2 Å². The molecule has 2 aromatic rings. The molecule has 0 heterocycles. The van der Waals surface area contributed by atoms with Crippen molar-refractivity contribution in [2.75, 3.05) is 0 Å². The zero-order chi connectivity index (χ0) is 18.3. The molecule has 2 aromatic carbocycles. The molecule has 0 aromatic heterocycles. The molecule has 0 bridgehead atoms. The van der Waals surface area contributed by atoms with Crippen LogP contribution in [0.5, 0.6) is 0 Å². The number of aryl methyl sites for hydroxylation is 4. The summed E-state index contributed by atoms with van der Waals surface area (Å²) in [6.45, 7) is 15.7. The molecule has 130 valence electrons. The SMILES string of the molecule is CC1=C(C)C(C)=C(C(c2cc(C)cc(C)c2)c2cc(C)cc(C)c2)C1. The summed E-state index contributed by atoms with van der Waals surface area (Å²) in [5.74, 6) is 0.351. The average Bonchev–Trinajstić information content (AvgIpc) is 2.73. The van der Waals surface area contributed by atoms with Gasteiger partial charge in [-0.15, -0.1) is 0 Å². The third kappa shape index (κ3) is 3.49. The van der Waals surface area contributed by atoms with Crippen molar-refractivity contribution in [1.82, 2.24) is 0 Å². The normalized spacial score (nSPS) is 14.9. The Morgan fingerprint density at radius 1 is 0.560 bits per heavy atom. The fraction of sp³-hybridized carbons (Fsp3) is 0.360. The van der Waals surface area contributed by atoms with Gasteiger partial charge in [0.2, 0.25) is 0 Å². The number of allylic oxidation sites excluding steroid dienone is 4. The number of rotatable bonds is 3. The number of hydrogen-bond acceptors (Lipinski definition) is 0. The van der Waals surface area contributed by atoms with Crippen molar-refractivity contribution in [1.29, 1.82) is 0 Å². The van der Waals surface area contributed by atoms with Crippen LogP contribution < -0.4 is 0 Å². The van der Waals surface area contributed by atoms with Gasteiger partial charge in [-0.2, -0.15) is 0 Å². The van der Waals surface area contributed by atoms with Crippen LogP contribution in [0.25, 0.3) is 0 Å². The minimum Gasteiger partial charge on any atom is -0.0660 e. The first-order chi connectivity index (χ1) is 11.8. The van der Waals surface area contributed by atoms with E-state index in [1.807, 2.05) is 0 Å². The maximum atomic E-state index is 2.37. The van der Waals surface area contributed by atoms with Crippen LogP contribution in [-0.4, -0.2) is 0 Å². The highest BCUT2D eigenvalue weighted by Gasteiger charge is 2.26. The Labute approximate surface area is 153 Å². The number of benzene rings is 2. The van der Waals surface area contributed by atoms with E-state index in [0.717, 1.165) is 6.42 Å². The lowest BCUT2D eigenvalue weighted by molar-refractivity contribution is 0.887. The van der Waals surface area contributed by atoms with Crippen molar-refractivity contribution in [3.8, 4) is 0 Å². The Bertz CT molecular complexity index is 798. The molecule has 0 heteroatoms. The van der Waals surface area contributed by atoms with E-state index in [-0.39, 0.29) is 0 Å². The lowest BCUT2D eigenvalue weighted by atomic mass is 9.80. The molecule has 0 fully saturated rings. The van der Waals surface area contributed by atoms with Crippen molar-refractivity contribution in [3.05, 3.63) is 92.1 Å². The summed E-state index contributed by atoms with van der Waals surface area (Å²) in [5, 5.41) is 0. The van der Waals surface area contributed by atoms with Crippen LogP contribution in [0.15, 0.2) is 58.7 Å². The van der Waals surface area contributed by atoms with Crippen LogP contribution in [0.4, 0.5) is 0 Å². The number of hydrogen-bond donors (Lipinski definition) is 0. The van der Waals surface area contributed by atoms with Gasteiger partial charge in [0.25, 0.3) is 0 Å². The Morgan fingerprint density at radius 2 is 0.960 bits per heavy atom. The maximum Gasteiger partial charge on any atom is 0.0308 e. The van der Waals surface area contributed by atoms with Crippen LogP contribution in [0.1, 0.15) is 66.5 Å². The highest BCUT2D eigenvalue weighted by atomic mass is 14.3. The molecule has 1 aliphatic rings. The van der Waals surface area contributed by atoms with E-state index in [2.05, 4.69) is 84.9 Å². The van der Waals surface area contributed by atoms with Crippen LogP contribution in [0.2, 0.25) is 0 Å². The molecule has 0 atom stereocenters. The van der Waals surface area contributed by atoms with E-state index in [0.29, 0.717) is 5.92 Å². The van der Waals surface area contributed by atoms with E-state index in [9.17, 15) is 0 Å². The molecule has 0 saturated carbocycles. The average molecular weight is 331 g/mol. The van der Waals surface area contributed by atoms with Crippen LogP contribution in [0, 0.1) is 27.7 Å². The molecular formula is C25H30. The van der Waals surface area contributed by atoms with Crippen molar-refractivity contribution < 1.29 is 0 Å². The molecule has 0 N–H and O–H groups in total. The minimum atomic E-state index is 0.351. The maximum absolute atomic E-state index is 2.37. The van der Waals surface area contributed by atoms with Gasteiger partial charge in [-0.1, -0.05) is 69.8 Å². The topological polar surface area (TPSA) is 0 Å². The smallest absolute Gasteiger partial charge is 0.0308 e. The molecule has 0 amide bonds. The molecule has 0 nitrogen and oxygen atoms in total. The molecule has 0 aliphatic heterocycles. The fourth-order valence-corrected chi connectivity index (χ4v) is 4.38. The summed E-state index contributed by atoms with van der Waals surface area (Å²) < 4.78 is 0. The monoisotopic (exact) mass is 330 g/mol. The van der Waals surface area contributed by atoms with E-state index in [4.69, 9.17) is 0 Å². The molecule has 1 aliphatic carbocycles. The molecule has 0 radical (unpaired) electrons. The molecule has 0 saturated heterocycles. The third-order valence-electron chi connectivity index (χ3n) is 5.64. The first-order valence-electron chi connectivity index (χ1n) is 9.29. The lowest BCUT2D eigenvalue weighted by Crippen LogP contribution is -2.07. The van der Waals surface area contributed by atoms with Gasteiger partial charge in [0.15, 0.2) is 0 Å². The Morgan fingerprint density at radius 3 is 1.28 bits per heavy atom. The first-order valence-corrected chi connectivity index (χ1v) is 9.29. The van der Waals surface area contributed by atoms with Crippen molar-refractivity contribution in [2.45, 2.75) is 60.8 Å². The minimum absolute atomic E-state index is 0.351. The quantitative estimate of drug-likeness (QED) is 0.562. The zero-order valence-corrected chi connectivity index (χ0v) is 16.7. The van der Waals surface area contributed by atoms with Crippen molar-refractivity contribution in [2.24, 2.45) is 0 Å². The molecule has 0 spiro atoms. The second-order valence-corrected chi connectivity index (χ2v) is 8.01. The van der Waals surface area contributed by atoms with Gasteiger partial charge >= 0.3 is 0 Å². The molecule has 25 heavy (non-hydrogen) atoms. The van der Waals surface area contributed by atoms with E-state index in [1.54, 1.807) is 5.57 Å². The lowest BCUT2D eigenvalue weighted by Gasteiger charge is -2.23. The van der Waals surface area contributed by atoms with Crippen molar-refractivity contribution >= 4 is 0 Å². The summed E-state index contributed by atoms with van der Waals surface area (Å²) in [5.41, 5.74) is 14.3. The zero-order valence-electron chi connectivity index (χ0n) is 16.7. The Kier molecular flexibility index (Phi) is 4.73. The van der Waals surface area contributed by atoms with Gasteiger partial charge in [0, 0.05) is 5.92 Å². The van der Waals surface area contributed by atoms with E-state index < -0.39 is 0 Å². The highest BCUT2D eigenvalue weighted by Crippen LogP contribution is 2.44. The van der Waals surface area contributed by atoms with Gasteiger partial charge in [-0.25, -0.2) is 0 Å². The van der Waals surface area contributed by atoms with Crippen molar-refractivity contribution in [3.63, 3.8) is 0 Å². The predicted molar refractivity (Wildman–Crippen MR) is 109 cm³/mol. The summed E-state index contributed by atoms with van der Waals surface area (Å²) in [6.07, 6.45) is 1.10.